The highest BCUT2D eigenvalue weighted by Gasteiger charge is 2.00. The van der Waals surface area contributed by atoms with E-state index < -0.39 is 0 Å². The molecule has 1 aromatic heterocycles. The molecule has 1 N–H and O–H groups in total. The minimum Gasteiger partial charge on any atom is -0.385 e. The van der Waals surface area contributed by atoms with Crippen molar-refractivity contribution in [1.82, 2.24) is 4.98 Å². The maximum atomic E-state index is 5.90. The van der Waals surface area contributed by atoms with Crippen molar-refractivity contribution in [2.45, 2.75) is 13.3 Å². The van der Waals surface area contributed by atoms with Crippen LogP contribution in [0.25, 0.3) is 0 Å². The lowest BCUT2D eigenvalue weighted by Gasteiger charge is -2.05. The van der Waals surface area contributed by atoms with Gasteiger partial charge in [0.1, 0.15) is 0 Å². The van der Waals surface area contributed by atoms with E-state index in [0.717, 1.165) is 29.4 Å². The van der Waals surface area contributed by atoms with Crippen molar-refractivity contribution in [1.29, 1.82) is 0 Å². The van der Waals surface area contributed by atoms with Gasteiger partial charge in [-0.3, -0.25) is 0 Å². The Bertz CT molecular complexity index is 468. The van der Waals surface area contributed by atoms with Gasteiger partial charge in [0.25, 0.3) is 0 Å². The summed E-state index contributed by atoms with van der Waals surface area (Å²) < 4.78 is 0. The third-order valence-electron chi connectivity index (χ3n) is 2.35. The molecular weight excluding hydrogens is 240 g/mol. The summed E-state index contributed by atoms with van der Waals surface area (Å²) in [6.45, 7) is 2.95. The van der Waals surface area contributed by atoms with Gasteiger partial charge in [-0.2, -0.15) is 0 Å². The maximum absolute atomic E-state index is 5.90. The van der Waals surface area contributed by atoms with E-state index >= 15 is 0 Å². The molecule has 2 nitrogen and oxygen atoms in total. The van der Waals surface area contributed by atoms with Gasteiger partial charge in [-0.15, -0.1) is 11.3 Å². The Hall–Kier alpha value is -1.06. The Morgan fingerprint density at radius 2 is 2.31 bits per heavy atom. The molecule has 16 heavy (non-hydrogen) atoms. The van der Waals surface area contributed by atoms with Crippen molar-refractivity contribution in [3.05, 3.63) is 45.4 Å². The van der Waals surface area contributed by atoms with Gasteiger partial charge < -0.3 is 5.32 Å². The molecule has 0 spiro atoms. The summed E-state index contributed by atoms with van der Waals surface area (Å²) in [6, 6.07) is 7.77. The third-order valence-corrected chi connectivity index (χ3v) is 3.58. The Labute approximate surface area is 104 Å². The van der Waals surface area contributed by atoms with Gasteiger partial charge in [-0.05, 0) is 25.1 Å². The molecule has 2 aromatic rings. The van der Waals surface area contributed by atoms with Crippen LogP contribution in [0, 0.1) is 6.92 Å². The SMILES string of the molecule is Cc1ncsc1CCNc1cccc(Cl)c1. The van der Waals surface area contributed by atoms with Crippen LogP contribution in [0.4, 0.5) is 5.69 Å². The minimum absolute atomic E-state index is 0.763. The molecule has 1 heterocycles. The van der Waals surface area contributed by atoms with Crippen LogP contribution in [0.2, 0.25) is 5.02 Å². The van der Waals surface area contributed by atoms with Crippen molar-refractivity contribution < 1.29 is 0 Å². The number of thiazole rings is 1. The first-order valence-corrected chi connectivity index (χ1v) is 6.40. The van der Waals surface area contributed by atoms with E-state index in [9.17, 15) is 0 Å². The largest absolute Gasteiger partial charge is 0.385 e. The third kappa shape index (κ3) is 2.97. The van der Waals surface area contributed by atoms with Crippen LogP contribution in [-0.4, -0.2) is 11.5 Å². The molecule has 84 valence electrons. The van der Waals surface area contributed by atoms with Crippen LogP contribution in [0.5, 0.6) is 0 Å². The molecule has 0 bridgehead atoms. The summed E-state index contributed by atoms with van der Waals surface area (Å²) in [7, 11) is 0. The Morgan fingerprint density at radius 1 is 1.44 bits per heavy atom. The van der Waals surface area contributed by atoms with Crippen LogP contribution in [0.1, 0.15) is 10.6 Å². The number of benzene rings is 1. The van der Waals surface area contributed by atoms with Crippen molar-refractivity contribution in [3.8, 4) is 0 Å². The summed E-state index contributed by atoms with van der Waals surface area (Å²) in [5.41, 5.74) is 4.09. The average Bonchev–Trinajstić information content (AvgIpc) is 2.65. The fourth-order valence-electron chi connectivity index (χ4n) is 1.48. The molecule has 0 aliphatic carbocycles. The highest BCUT2D eigenvalue weighted by Crippen LogP contribution is 2.16. The molecule has 0 fully saturated rings. The average molecular weight is 253 g/mol. The van der Waals surface area contributed by atoms with E-state index in [1.807, 2.05) is 36.7 Å². The minimum atomic E-state index is 0.763. The Morgan fingerprint density at radius 3 is 3.00 bits per heavy atom. The highest BCUT2D eigenvalue weighted by atomic mass is 35.5. The predicted octanol–water partition coefficient (Wildman–Crippen LogP) is 3.76. The molecule has 0 aliphatic heterocycles. The van der Waals surface area contributed by atoms with E-state index in [-0.39, 0.29) is 0 Å². The molecule has 0 atom stereocenters. The predicted molar refractivity (Wildman–Crippen MR) is 70.5 cm³/mol. The number of nitrogens with one attached hydrogen (secondary N) is 1. The van der Waals surface area contributed by atoms with E-state index in [1.54, 1.807) is 11.3 Å². The van der Waals surface area contributed by atoms with Gasteiger partial charge in [0.15, 0.2) is 0 Å². The normalized spacial score (nSPS) is 10.4. The zero-order valence-electron chi connectivity index (χ0n) is 9.03. The number of aryl methyl sites for hydroxylation is 1. The van der Waals surface area contributed by atoms with Crippen molar-refractivity contribution in [2.75, 3.05) is 11.9 Å². The first-order valence-electron chi connectivity index (χ1n) is 5.14. The lowest BCUT2D eigenvalue weighted by Crippen LogP contribution is -2.04. The lowest BCUT2D eigenvalue weighted by molar-refractivity contribution is 1.02. The smallest absolute Gasteiger partial charge is 0.0797 e. The van der Waals surface area contributed by atoms with Gasteiger partial charge in [0, 0.05) is 28.6 Å². The first kappa shape index (κ1) is 11.4. The van der Waals surface area contributed by atoms with Crippen molar-refractivity contribution in [2.24, 2.45) is 0 Å². The summed E-state index contributed by atoms with van der Waals surface area (Å²) in [6.07, 6.45) is 1.00. The van der Waals surface area contributed by atoms with E-state index in [2.05, 4.69) is 10.3 Å². The topological polar surface area (TPSA) is 24.9 Å². The van der Waals surface area contributed by atoms with E-state index in [4.69, 9.17) is 11.6 Å². The molecule has 0 saturated heterocycles. The van der Waals surface area contributed by atoms with Gasteiger partial charge in [-0.25, -0.2) is 4.98 Å². The number of hydrogen-bond acceptors (Lipinski definition) is 3. The van der Waals surface area contributed by atoms with E-state index in [1.165, 1.54) is 4.88 Å². The molecule has 4 heteroatoms. The monoisotopic (exact) mass is 252 g/mol. The first-order chi connectivity index (χ1) is 7.75. The molecule has 2 rings (SSSR count). The van der Waals surface area contributed by atoms with Crippen LogP contribution in [0.15, 0.2) is 29.8 Å². The summed E-state index contributed by atoms with van der Waals surface area (Å²) >= 11 is 7.61. The van der Waals surface area contributed by atoms with Crippen molar-refractivity contribution in [3.63, 3.8) is 0 Å². The number of nitrogens with zero attached hydrogens (tertiary/aromatic N) is 1. The van der Waals surface area contributed by atoms with Gasteiger partial charge >= 0.3 is 0 Å². The maximum Gasteiger partial charge on any atom is 0.0797 e. The number of anilines is 1. The molecule has 0 amide bonds. The van der Waals surface area contributed by atoms with Gasteiger partial charge in [-0.1, -0.05) is 17.7 Å². The zero-order chi connectivity index (χ0) is 11.4. The quantitative estimate of drug-likeness (QED) is 0.896. The van der Waals surface area contributed by atoms with Crippen LogP contribution in [0.3, 0.4) is 0 Å². The van der Waals surface area contributed by atoms with Crippen LogP contribution in [-0.2, 0) is 6.42 Å². The highest BCUT2D eigenvalue weighted by molar-refractivity contribution is 7.09. The fourth-order valence-corrected chi connectivity index (χ4v) is 2.46. The van der Waals surface area contributed by atoms with Crippen LogP contribution < -0.4 is 5.32 Å². The molecule has 0 aliphatic rings. The van der Waals surface area contributed by atoms with Gasteiger partial charge in [0.05, 0.1) is 11.2 Å². The molecule has 0 unspecified atom stereocenters. The standard InChI is InChI=1S/C12H13ClN2S/c1-9-12(16-8-15-9)5-6-14-11-4-2-3-10(13)7-11/h2-4,7-8,14H,5-6H2,1H3. The zero-order valence-corrected chi connectivity index (χ0v) is 10.6. The second kappa shape index (κ2) is 5.32. The number of halogens is 1. The molecular formula is C12H13ClN2S. The summed E-state index contributed by atoms with van der Waals surface area (Å²) in [5, 5.41) is 4.11. The molecule has 1 aromatic carbocycles. The molecule has 0 saturated carbocycles. The second-order valence-corrected chi connectivity index (χ2v) is 4.92. The summed E-state index contributed by atoms with van der Waals surface area (Å²) in [4.78, 5) is 5.57. The molecule has 0 radical (unpaired) electrons. The Kier molecular flexibility index (Phi) is 3.80. The number of hydrogen-bond donors (Lipinski definition) is 1. The van der Waals surface area contributed by atoms with E-state index in [0.29, 0.717) is 0 Å². The fraction of sp³-hybridized carbons (Fsp3) is 0.250. The van der Waals surface area contributed by atoms with Gasteiger partial charge in [0.2, 0.25) is 0 Å². The number of aromatic nitrogens is 1. The number of rotatable bonds is 4. The summed E-state index contributed by atoms with van der Waals surface area (Å²) in [5.74, 6) is 0. The van der Waals surface area contributed by atoms with Crippen molar-refractivity contribution >= 4 is 28.6 Å². The Balaban J connectivity index is 1.87. The van der Waals surface area contributed by atoms with Crippen LogP contribution >= 0.6 is 22.9 Å². The second-order valence-electron chi connectivity index (χ2n) is 3.55. The lowest BCUT2D eigenvalue weighted by atomic mass is 10.3.